The second-order valence-corrected chi connectivity index (χ2v) is 10.5. The SMILES string of the molecule is CN1CCC(NC(=O)C2CCN(S(=O)(=O)Cc3cccc(Br)c3)CC2)CC1. The van der Waals surface area contributed by atoms with Gasteiger partial charge in [0.15, 0.2) is 0 Å². The standard InChI is InChI=1S/C19H28BrN3O3S/c1-22-9-7-18(8-10-22)21-19(24)16-5-11-23(12-6-16)27(25,26)14-15-3-2-4-17(20)13-15/h2-4,13,16,18H,5-12,14H2,1H3,(H,21,24). The Kier molecular flexibility index (Phi) is 6.94. The van der Waals surface area contributed by atoms with Gasteiger partial charge in [0, 0.05) is 29.5 Å². The molecule has 2 heterocycles. The molecule has 0 unspecified atom stereocenters. The van der Waals surface area contributed by atoms with E-state index in [2.05, 4.69) is 33.2 Å². The molecule has 1 aromatic carbocycles. The summed E-state index contributed by atoms with van der Waals surface area (Å²) in [5.74, 6) is 0.00869. The Labute approximate surface area is 170 Å². The molecule has 1 N–H and O–H groups in total. The predicted molar refractivity (Wildman–Crippen MR) is 110 cm³/mol. The lowest BCUT2D eigenvalue weighted by Crippen LogP contribution is -2.48. The third kappa shape index (κ3) is 5.76. The molecule has 0 saturated carbocycles. The van der Waals surface area contributed by atoms with Crippen LogP contribution in [0.25, 0.3) is 0 Å². The van der Waals surface area contributed by atoms with Gasteiger partial charge in [-0.25, -0.2) is 12.7 Å². The zero-order valence-corrected chi connectivity index (χ0v) is 18.1. The van der Waals surface area contributed by atoms with Crippen molar-refractivity contribution in [1.29, 1.82) is 0 Å². The van der Waals surface area contributed by atoms with Crippen molar-refractivity contribution in [2.75, 3.05) is 33.2 Å². The van der Waals surface area contributed by atoms with Crippen LogP contribution in [0.4, 0.5) is 0 Å². The highest BCUT2D eigenvalue weighted by Crippen LogP contribution is 2.23. The van der Waals surface area contributed by atoms with Gasteiger partial charge in [0.05, 0.1) is 5.75 Å². The summed E-state index contributed by atoms with van der Waals surface area (Å²) in [5, 5.41) is 3.17. The minimum atomic E-state index is -3.36. The summed E-state index contributed by atoms with van der Waals surface area (Å²) < 4.78 is 27.8. The summed E-state index contributed by atoms with van der Waals surface area (Å²) in [4.78, 5) is 14.8. The van der Waals surface area contributed by atoms with Crippen LogP contribution in [-0.4, -0.2) is 62.8 Å². The van der Waals surface area contributed by atoms with E-state index in [4.69, 9.17) is 0 Å². The highest BCUT2D eigenvalue weighted by molar-refractivity contribution is 9.10. The Morgan fingerprint density at radius 1 is 1.15 bits per heavy atom. The van der Waals surface area contributed by atoms with Crippen molar-refractivity contribution in [2.45, 2.75) is 37.5 Å². The van der Waals surface area contributed by atoms with Crippen LogP contribution in [0.5, 0.6) is 0 Å². The van der Waals surface area contributed by atoms with E-state index in [-0.39, 0.29) is 23.6 Å². The molecule has 2 aliphatic rings. The van der Waals surface area contributed by atoms with Gasteiger partial charge in [-0.1, -0.05) is 28.1 Å². The van der Waals surface area contributed by atoms with Crippen molar-refractivity contribution >= 4 is 31.9 Å². The fraction of sp³-hybridized carbons (Fsp3) is 0.632. The second kappa shape index (κ2) is 9.03. The molecule has 0 atom stereocenters. The number of benzene rings is 1. The van der Waals surface area contributed by atoms with Crippen molar-refractivity contribution in [3.8, 4) is 0 Å². The van der Waals surface area contributed by atoms with Crippen LogP contribution in [0.3, 0.4) is 0 Å². The number of sulfonamides is 1. The fourth-order valence-corrected chi connectivity index (χ4v) is 5.79. The first-order valence-corrected chi connectivity index (χ1v) is 11.9. The molecular weight excluding hydrogens is 430 g/mol. The highest BCUT2D eigenvalue weighted by atomic mass is 79.9. The van der Waals surface area contributed by atoms with E-state index in [1.807, 2.05) is 24.3 Å². The average Bonchev–Trinajstić information content (AvgIpc) is 2.63. The van der Waals surface area contributed by atoms with Crippen molar-refractivity contribution in [3.05, 3.63) is 34.3 Å². The number of piperidine rings is 2. The van der Waals surface area contributed by atoms with Gasteiger partial charge in [0.2, 0.25) is 15.9 Å². The number of likely N-dealkylation sites (tertiary alicyclic amines) is 1. The van der Waals surface area contributed by atoms with Gasteiger partial charge in [0.25, 0.3) is 0 Å². The Hall–Kier alpha value is -0.960. The van der Waals surface area contributed by atoms with Crippen LogP contribution in [0.2, 0.25) is 0 Å². The average molecular weight is 458 g/mol. The zero-order valence-electron chi connectivity index (χ0n) is 15.7. The minimum Gasteiger partial charge on any atom is -0.353 e. The summed E-state index contributed by atoms with van der Waals surface area (Å²) in [5.41, 5.74) is 0.770. The monoisotopic (exact) mass is 457 g/mol. The Balaban J connectivity index is 1.49. The summed E-state index contributed by atoms with van der Waals surface area (Å²) in [7, 11) is -1.26. The number of carbonyl (C=O) groups is 1. The topological polar surface area (TPSA) is 69.7 Å². The lowest BCUT2D eigenvalue weighted by atomic mass is 9.96. The number of nitrogens with one attached hydrogen (secondary N) is 1. The number of rotatable bonds is 5. The maximum Gasteiger partial charge on any atom is 0.223 e. The third-order valence-electron chi connectivity index (χ3n) is 5.52. The van der Waals surface area contributed by atoms with Gasteiger partial charge in [-0.15, -0.1) is 0 Å². The Morgan fingerprint density at radius 3 is 2.44 bits per heavy atom. The first-order valence-electron chi connectivity index (χ1n) is 9.55. The summed E-state index contributed by atoms with van der Waals surface area (Å²) >= 11 is 3.38. The largest absolute Gasteiger partial charge is 0.353 e. The fourth-order valence-electron chi connectivity index (χ4n) is 3.80. The van der Waals surface area contributed by atoms with Gasteiger partial charge in [-0.05, 0) is 63.5 Å². The number of nitrogens with zero attached hydrogens (tertiary/aromatic N) is 2. The lowest BCUT2D eigenvalue weighted by Gasteiger charge is -2.33. The van der Waals surface area contributed by atoms with Gasteiger partial charge in [0.1, 0.15) is 0 Å². The molecule has 150 valence electrons. The van der Waals surface area contributed by atoms with Crippen LogP contribution < -0.4 is 5.32 Å². The van der Waals surface area contributed by atoms with Crippen molar-refractivity contribution < 1.29 is 13.2 Å². The van der Waals surface area contributed by atoms with Crippen molar-refractivity contribution in [3.63, 3.8) is 0 Å². The number of amides is 1. The summed E-state index contributed by atoms with van der Waals surface area (Å²) in [6.07, 6.45) is 3.16. The zero-order chi connectivity index (χ0) is 19.4. The molecule has 8 heteroatoms. The quantitative estimate of drug-likeness (QED) is 0.735. The van der Waals surface area contributed by atoms with Crippen molar-refractivity contribution in [1.82, 2.24) is 14.5 Å². The normalized spacial score (nSPS) is 21.3. The van der Waals surface area contributed by atoms with Crippen LogP contribution in [0.1, 0.15) is 31.2 Å². The second-order valence-electron chi connectivity index (χ2n) is 7.65. The molecular formula is C19H28BrN3O3S. The Bertz CT molecular complexity index is 755. The maximum absolute atomic E-state index is 12.7. The minimum absolute atomic E-state index is 0.00110. The van der Waals surface area contributed by atoms with Crippen LogP contribution >= 0.6 is 15.9 Å². The van der Waals surface area contributed by atoms with E-state index in [0.29, 0.717) is 25.9 Å². The molecule has 0 spiro atoms. The molecule has 27 heavy (non-hydrogen) atoms. The molecule has 0 radical (unpaired) electrons. The molecule has 0 aliphatic carbocycles. The van der Waals surface area contributed by atoms with E-state index in [9.17, 15) is 13.2 Å². The first-order chi connectivity index (χ1) is 12.8. The van der Waals surface area contributed by atoms with Gasteiger partial charge in [-0.3, -0.25) is 4.79 Å². The smallest absolute Gasteiger partial charge is 0.223 e. The molecule has 1 aromatic rings. The summed E-state index contributed by atoms with van der Waals surface area (Å²) in [6.45, 7) is 2.86. The number of hydrogen-bond donors (Lipinski definition) is 1. The number of hydrogen-bond acceptors (Lipinski definition) is 4. The van der Waals surface area contributed by atoms with E-state index < -0.39 is 10.0 Å². The van der Waals surface area contributed by atoms with Crippen molar-refractivity contribution in [2.24, 2.45) is 5.92 Å². The van der Waals surface area contributed by atoms with Crippen LogP contribution in [0.15, 0.2) is 28.7 Å². The molecule has 0 bridgehead atoms. The van der Waals surface area contributed by atoms with E-state index in [1.165, 1.54) is 4.31 Å². The molecule has 2 aliphatic heterocycles. The van der Waals surface area contributed by atoms with Crippen LogP contribution in [-0.2, 0) is 20.6 Å². The number of carbonyl (C=O) groups excluding carboxylic acids is 1. The molecule has 3 rings (SSSR count). The number of halogens is 1. The molecule has 2 saturated heterocycles. The van der Waals surface area contributed by atoms with E-state index in [0.717, 1.165) is 36.0 Å². The third-order valence-corrected chi connectivity index (χ3v) is 7.86. The van der Waals surface area contributed by atoms with Gasteiger partial charge in [-0.2, -0.15) is 0 Å². The van der Waals surface area contributed by atoms with Gasteiger partial charge >= 0.3 is 0 Å². The van der Waals surface area contributed by atoms with E-state index in [1.54, 1.807) is 0 Å². The lowest BCUT2D eigenvalue weighted by molar-refractivity contribution is -0.127. The van der Waals surface area contributed by atoms with Crippen LogP contribution in [0, 0.1) is 5.92 Å². The molecule has 1 amide bonds. The molecule has 2 fully saturated rings. The Morgan fingerprint density at radius 2 is 1.81 bits per heavy atom. The molecule has 6 nitrogen and oxygen atoms in total. The summed E-state index contributed by atoms with van der Waals surface area (Å²) in [6, 6.07) is 7.63. The first kappa shape index (κ1) is 20.8. The maximum atomic E-state index is 12.7. The van der Waals surface area contributed by atoms with E-state index >= 15 is 0 Å². The van der Waals surface area contributed by atoms with Gasteiger partial charge < -0.3 is 10.2 Å². The predicted octanol–water partition coefficient (Wildman–Crippen LogP) is 2.20. The highest BCUT2D eigenvalue weighted by Gasteiger charge is 2.32. The molecule has 0 aromatic heterocycles.